The average molecular weight is 202 g/mol. The molecule has 2 rings (SSSR count). The van der Waals surface area contributed by atoms with Gasteiger partial charge in [0.2, 0.25) is 0 Å². The Morgan fingerprint density at radius 2 is 2.07 bits per heavy atom. The Balaban J connectivity index is 2.50. The largest absolute Gasteiger partial charge is 0.507 e. The number of nitrogens with two attached hydrogens (primary N) is 1. The Kier molecular flexibility index (Phi) is 2.37. The van der Waals surface area contributed by atoms with Gasteiger partial charge in [0.1, 0.15) is 11.6 Å². The molecule has 0 spiro atoms. The van der Waals surface area contributed by atoms with Crippen molar-refractivity contribution in [2.24, 2.45) is 0 Å². The zero-order valence-electron chi connectivity index (χ0n) is 8.64. The fourth-order valence-electron chi connectivity index (χ4n) is 1.66. The van der Waals surface area contributed by atoms with E-state index in [2.05, 4.69) is 0 Å². The highest BCUT2D eigenvalue weighted by molar-refractivity contribution is 5.72. The van der Waals surface area contributed by atoms with Crippen LogP contribution in [-0.4, -0.2) is 9.67 Å². The lowest BCUT2D eigenvalue weighted by atomic mass is 10.1. The predicted octanol–water partition coefficient (Wildman–Crippen LogP) is 2.46. The molecule has 78 valence electrons. The molecular weight excluding hydrogens is 188 g/mol. The van der Waals surface area contributed by atoms with Gasteiger partial charge in [0.05, 0.1) is 0 Å². The Morgan fingerprint density at radius 1 is 1.33 bits per heavy atom. The van der Waals surface area contributed by atoms with Gasteiger partial charge in [0.15, 0.2) is 0 Å². The monoisotopic (exact) mass is 202 g/mol. The molecular formula is C12H14N2O. The maximum Gasteiger partial charge on any atom is 0.123 e. The number of rotatable bonds is 2. The van der Waals surface area contributed by atoms with Gasteiger partial charge in [-0.05, 0) is 19.1 Å². The Labute approximate surface area is 88.8 Å². The highest BCUT2D eigenvalue weighted by Crippen LogP contribution is 2.30. The summed E-state index contributed by atoms with van der Waals surface area (Å²) in [4.78, 5) is 0. The number of benzene rings is 1. The molecule has 15 heavy (non-hydrogen) atoms. The summed E-state index contributed by atoms with van der Waals surface area (Å²) in [6.45, 7) is 2.87. The zero-order chi connectivity index (χ0) is 10.8. The normalized spacial score (nSPS) is 10.5. The van der Waals surface area contributed by atoms with E-state index in [9.17, 15) is 5.11 Å². The first-order valence-corrected chi connectivity index (χ1v) is 4.96. The van der Waals surface area contributed by atoms with Gasteiger partial charge < -0.3 is 15.4 Å². The van der Waals surface area contributed by atoms with Gasteiger partial charge in [-0.3, -0.25) is 0 Å². The third-order valence-electron chi connectivity index (χ3n) is 2.49. The van der Waals surface area contributed by atoms with Crippen molar-refractivity contribution in [1.29, 1.82) is 0 Å². The summed E-state index contributed by atoms with van der Waals surface area (Å²) in [6, 6.07) is 9.13. The molecule has 3 nitrogen and oxygen atoms in total. The van der Waals surface area contributed by atoms with Crippen molar-refractivity contribution in [3.63, 3.8) is 0 Å². The molecule has 1 aromatic heterocycles. The highest BCUT2D eigenvalue weighted by atomic mass is 16.3. The first-order valence-electron chi connectivity index (χ1n) is 4.96. The summed E-state index contributed by atoms with van der Waals surface area (Å²) >= 11 is 0. The number of phenolic OH excluding ortho intramolecular Hbond substituents is 1. The van der Waals surface area contributed by atoms with Gasteiger partial charge in [-0.2, -0.15) is 0 Å². The maximum absolute atomic E-state index is 9.69. The van der Waals surface area contributed by atoms with Gasteiger partial charge >= 0.3 is 0 Å². The molecule has 0 saturated carbocycles. The Morgan fingerprint density at radius 3 is 2.67 bits per heavy atom. The second kappa shape index (κ2) is 3.69. The van der Waals surface area contributed by atoms with E-state index < -0.39 is 0 Å². The number of aromatic nitrogens is 1. The van der Waals surface area contributed by atoms with Crippen LogP contribution < -0.4 is 5.73 Å². The van der Waals surface area contributed by atoms with Crippen LogP contribution >= 0.6 is 0 Å². The van der Waals surface area contributed by atoms with Crippen LogP contribution in [0.15, 0.2) is 36.5 Å². The van der Waals surface area contributed by atoms with E-state index in [0.29, 0.717) is 0 Å². The van der Waals surface area contributed by atoms with E-state index in [1.165, 1.54) is 0 Å². The average Bonchev–Trinajstić information content (AvgIpc) is 2.60. The van der Waals surface area contributed by atoms with E-state index in [1.54, 1.807) is 12.1 Å². The van der Waals surface area contributed by atoms with Crippen molar-refractivity contribution in [3.05, 3.63) is 36.5 Å². The van der Waals surface area contributed by atoms with Crippen molar-refractivity contribution in [1.82, 2.24) is 4.57 Å². The SMILES string of the molecule is CCn1cc(-c2ccccc2O)cc1N. The Bertz CT molecular complexity index is 474. The van der Waals surface area contributed by atoms with Crippen LogP contribution in [0, 0.1) is 0 Å². The summed E-state index contributed by atoms with van der Waals surface area (Å²) in [7, 11) is 0. The molecule has 3 heteroatoms. The third-order valence-corrected chi connectivity index (χ3v) is 2.49. The smallest absolute Gasteiger partial charge is 0.123 e. The molecule has 0 aliphatic carbocycles. The maximum atomic E-state index is 9.69. The molecule has 0 unspecified atom stereocenters. The minimum absolute atomic E-state index is 0.283. The van der Waals surface area contributed by atoms with Gasteiger partial charge in [-0.1, -0.05) is 18.2 Å². The van der Waals surface area contributed by atoms with Crippen molar-refractivity contribution in [2.45, 2.75) is 13.5 Å². The first kappa shape index (κ1) is 9.65. The lowest BCUT2D eigenvalue weighted by Gasteiger charge is -2.00. The number of hydrogen-bond acceptors (Lipinski definition) is 2. The zero-order valence-corrected chi connectivity index (χ0v) is 8.64. The van der Waals surface area contributed by atoms with Crippen LogP contribution in [0.4, 0.5) is 5.82 Å². The van der Waals surface area contributed by atoms with Crippen LogP contribution in [0.5, 0.6) is 5.75 Å². The number of anilines is 1. The van der Waals surface area contributed by atoms with E-state index in [4.69, 9.17) is 5.73 Å². The highest BCUT2D eigenvalue weighted by Gasteiger charge is 2.07. The molecule has 0 saturated heterocycles. The number of para-hydroxylation sites is 1. The van der Waals surface area contributed by atoms with Crippen LogP contribution in [0.1, 0.15) is 6.92 Å². The number of nitrogen functional groups attached to an aromatic ring is 1. The molecule has 0 aliphatic heterocycles. The molecule has 0 atom stereocenters. The van der Waals surface area contributed by atoms with Crippen molar-refractivity contribution < 1.29 is 5.11 Å². The molecule has 1 heterocycles. The number of phenols is 1. The van der Waals surface area contributed by atoms with Gasteiger partial charge in [0.25, 0.3) is 0 Å². The van der Waals surface area contributed by atoms with E-state index in [0.717, 1.165) is 23.5 Å². The molecule has 0 aliphatic rings. The number of nitrogens with zero attached hydrogens (tertiary/aromatic N) is 1. The second-order valence-electron chi connectivity index (χ2n) is 3.46. The van der Waals surface area contributed by atoms with Crippen LogP contribution in [0.3, 0.4) is 0 Å². The van der Waals surface area contributed by atoms with E-state index >= 15 is 0 Å². The summed E-state index contributed by atoms with van der Waals surface area (Å²) in [5.41, 5.74) is 7.59. The molecule has 2 aromatic rings. The topological polar surface area (TPSA) is 51.2 Å². The number of hydrogen-bond donors (Lipinski definition) is 2. The minimum atomic E-state index is 0.283. The Hall–Kier alpha value is -1.90. The van der Waals surface area contributed by atoms with E-state index in [1.807, 2.05) is 35.9 Å². The molecule has 0 bridgehead atoms. The summed E-state index contributed by atoms with van der Waals surface area (Å²) in [5, 5.41) is 9.69. The fourth-order valence-corrected chi connectivity index (χ4v) is 1.66. The second-order valence-corrected chi connectivity index (χ2v) is 3.46. The third kappa shape index (κ3) is 1.68. The predicted molar refractivity (Wildman–Crippen MR) is 61.6 cm³/mol. The molecule has 0 amide bonds. The summed E-state index contributed by atoms with van der Waals surface area (Å²) in [5.74, 6) is 1.00. The first-order chi connectivity index (χ1) is 7.22. The fraction of sp³-hybridized carbons (Fsp3) is 0.167. The quantitative estimate of drug-likeness (QED) is 0.786. The van der Waals surface area contributed by atoms with Gasteiger partial charge in [-0.15, -0.1) is 0 Å². The van der Waals surface area contributed by atoms with Crippen molar-refractivity contribution in [3.8, 4) is 16.9 Å². The van der Waals surface area contributed by atoms with E-state index in [-0.39, 0.29) is 5.75 Å². The van der Waals surface area contributed by atoms with Gasteiger partial charge in [0, 0.05) is 23.9 Å². The summed E-state index contributed by atoms with van der Waals surface area (Å²) < 4.78 is 1.95. The molecule has 1 aromatic carbocycles. The van der Waals surface area contributed by atoms with Crippen molar-refractivity contribution in [2.75, 3.05) is 5.73 Å². The lowest BCUT2D eigenvalue weighted by Crippen LogP contribution is -1.97. The standard InChI is InChI=1S/C12H14N2O/c1-2-14-8-9(7-12(14)13)10-5-3-4-6-11(10)15/h3-8,15H,2,13H2,1H3. The molecule has 0 fully saturated rings. The molecule has 3 N–H and O–H groups in total. The number of aryl methyl sites for hydroxylation is 1. The summed E-state index contributed by atoms with van der Waals surface area (Å²) in [6.07, 6.45) is 1.95. The van der Waals surface area contributed by atoms with Crippen LogP contribution in [0.2, 0.25) is 0 Å². The van der Waals surface area contributed by atoms with Crippen LogP contribution in [-0.2, 0) is 6.54 Å². The van der Waals surface area contributed by atoms with Crippen molar-refractivity contribution >= 4 is 5.82 Å². The van der Waals surface area contributed by atoms with Gasteiger partial charge in [-0.25, -0.2) is 0 Å². The lowest BCUT2D eigenvalue weighted by molar-refractivity contribution is 0.477. The molecule has 0 radical (unpaired) electrons. The minimum Gasteiger partial charge on any atom is -0.507 e. The van der Waals surface area contributed by atoms with Crippen LogP contribution in [0.25, 0.3) is 11.1 Å². The number of aromatic hydroxyl groups is 1.